The van der Waals surface area contributed by atoms with Crippen molar-refractivity contribution in [3.8, 4) is 0 Å². The highest BCUT2D eigenvalue weighted by Gasteiger charge is 2.74. The highest BCUT2D eigenvalue weighted by molar-refractivity contribution is 7.92. The summed E-state index contributed by atoms with van der Waals surface area (Å²) in [6.07, 6.45) is -11.5. The van der Waals surface area contributed by atoms with E-state index in [2.05, 4.69) is 5.32 Å². The molecule has 2 atom stereocenters. The maximum Gasteiger partial charge on any atom is 0.435 e. The second-order valence-corrected chi connectivity index (χ2v) is 14.2. The standard InChI is InChI=1S/C30H30F8N2O4S/c1-17(41)39-22-8-2-18(3-9-22)26(42)40-15-14-27(45(43,44)23-10-6-21(31)7-11-23)24-12-5-20(16-19(24)4-13-25(27)40)28(32,29(33,34)35)30(36,37)38/h5-7,10-12,16,18,22,25H,2-4,8-9,13-15H2,1H3,(H,39,41)/t18-,22+,25-,27-/m0/s1. The van der Waals surface area contributed by atoms with Gasteiger partial charge in [0.15, 0.2) is 9.84 Å². The van der Waals surface area contributed by atoms with Crippen LogP contribution in [0.3, 0.4) is 0 Å². The van der Waals surface area contributed by atoms with E-state index >= 15 is 0 Å². The van der Waals surface area contributed by atoms with Gasteiger partial charge in [-0.1, -0.05) is 18.2 Å². The van der Waals surface area contributed by atoms with Crippen molar-refractivity contribution >= 4 is 21.7 Å². The lowest BCUT2D eigenvalue weighted by atomic mass is 9.76. The summed E-state index contributed by atoms with van der Waals surface area (Å²) in [6.45, 7) is 1.31. The third kappa shape index (κ3) is 5.28. The molecule has 0 radical (unpaired) electrons. The Morgan fingerprint density at radius 3 is 2.04 bits per heavy atom. The fraction of sp³-hybridized carbons (Fsp3) is 0.533. The van der Waals surface area contributed by atoms with Gasteiger partial charge in [0.25, 0.3) is 0 Å². The topological polar surface area (TPSA) is 83.6 Å². The molecule has 2 amide bonds. The van der Waals surface area contributed by atoms with Crippen LogP contribution in [-0.4, -0.2) is 56.1 Å². The lowest BCUT2D eigenvalue weighted by Crippen LogP contribution is -2.54. The molecule has 1 aliphatic heterocycles. The first-order valence-electron chi connectivity index (χ1n) is 14.4. The van der Waals surface area contributed by atoms with Crippen LogP contribution >= 0.6 is 0 Å². The van der Waals surface area contributed by atoms with E-state index in [9.17, 15) is 53.1 Å². The van der Waals surface area contributed by atoms with Crippen molar-refractivity contribution in [2.45, 2.75) is 91.6 Å². The van der Waals surface area contributed by atoms with Crippen molar-refractivity contribution < 1.29 is 53.1 Å². The number of rotatable bonds is 5. The summed E-state index contributed by atoms with van der Waals surface area (Å²) >= 11 is 0. The Hall–Kier alpha value is -3.23. The SMILES string of the molecule is CC(=O)N[C@H]1CC[C@@H](C(=O)N2CC[C@]3(S(=O)(=O)c4ccc(F)cc4)c4ccc(C(F)(C(F)(F)F)C(F)(F)F)cc4CC[C@H]23)CC1. The molecule has 3 aliphatic rings. The summed E-state index contributed by atoms with van der Waals surface area (Å²) in [5, 5.41) is 2.81. The van der Waals surface area contributed by atoms with Gasteiger partial charge in [-0.2, -0.15) is 26.3 Å². The monoisotopic (exact) mass is 666 g/mol. The summed E-state index contributed by atoms with van der Waals surface area (Å²) in [5.41, 5.74) is -7.77. The predicted octanol–water partition coefficient (Wildman–Crippen LogP) is 6.03. The Kier molecular flexibility index (Phi) is 8.27. The quantitative estimate of drug-likeness (QED) is 0.313. The van der Waals surface area contributed by atoms with Crippen LogP contribution in [0.5, 0.6) is 0 Å². The number of carbonyl (C=O) groups is 2. The number of carbonyl (C=O) groups excluding carboxylic acids is 2. The normalized spacial score (nSPS) is 25.8. The number of likely N-dealkylation sites (tertiary alicyclic amines) is 1. The Morgan fingerprint density at radius 2 is 1.49 bits per heavy atom. The number of benzene rings is 2. The van der Waals surface area contributed by atoms with E-state index in [0.29, 0.717) is 37.8 Å². The van der Waals surface area contributed by atoms with Gasteiger partial charge in [-0.05, 0) is 80.3 Å². The van der Waals surface area contributed by atoms with Crippen molar-refractivity contribution in [3.63, 3.8) is 0 Å². The number of alkyl halides is 7. The zero-order chi connectivity index (χ0) is 33.2. The van der Waals surface area contributed by atoms with E-state index in [4.69, 9.17) is 0 Å². The zero-order valence-electron chi connectivity index (χ0n) is 23.9. The summed E-state index contributed by atoms with van der Waals surface area (Å²) in [4.78, 5) is 26.4. The van der Waals surface area contributed by atoms with Crippen molar-refractivity contribution in [3.05, 3.63) is 65.0 Å². The number of halogens is 8. The van der Waals surface area contributed by atoms with Crippen molar-refractivity contribution in [2.75, 3.05) is 6.54 Å². The van der Waals surface area contributed by atoms with E-state index in [1.165, 1.54) is 11.8 Å². The molecule has 6 nitrogen and oxygen atoms in total. The summed E-state index contributed by atoms with van der Waals surface area (Å²) in [5.74, 6) is -1.78. The van der Waals surface area contributed by atoms with E-state index in [-0.39, 0.29) is 59.7 Å². The van der Waals surface area contributed by atoms with Gasteiger partial charge < -0.3 is 10.2 Å². The highest BCUT2D eigenvalue weighted by atomic mass is 32.2. The van der Waals surface area contributed by atoms with Crippen molar-refractivity contribution in [1.29, 1.82) is 0 Å². The fourth-order valence-corrected chi connectivity index (χ4v) is 9.69. The van der Waals surface area contributed by atoms with E-state index in [1.807, 2.05) is 0 Å². The van der Waals surface area contributed by atoms with Crippen molar-refractivity contribution in [1.82, 2.24) is 10.2 Å². The third-order valence-corrected chi connectivity index (χ3v) is 12.0. The minimum absolute atomic E-state index is 0.0745. The molecule has 5 rings (SSSR count). The van der Waals surface area contributed by atoms with Crippen LogP contribution in [0, 0.1) is 11.7 Å². The number of sulfone groups is 1. The van der Waals surface area contributed by atoms with Gasteiger partial charge in [0.2, 0.25) is 11.8 Å². The lowest BCUT2D eigenvalue weighted by molar-refractivity contribution is -0.348. The van der Waals surface area contributed by atoms with Crippen molar-refractivity contribution in [2.24, 2.45) is 5.92 Å². The second-order valence-electron chi connectivity index (χ2n) is 12.0. The van der Waals surface area contributed by atoms with Crippen LogP contribution in [0.25, 0.3) is 0 Å². The molecule has 1 heterocycles. The number of aryl methyl sites for hydroxylation is 1. The zero-order valence-corrected chi connectivity index (χ0v) is 24.8. The molecule has 15 heteroatoms. The Labute approximate surface area is 254 Å². The first-order chi connectivity index (χ1) is 20.8. The molecule has 0 aromatic heterocycles. The molecule has 1 N–H and O–H groups in total. The first kappa shape index (κ1) is 33.1. The second kappa shape index (κ2) is 11.2. The molecule has 0 bridgehead atoms. The maximum atomic E-state index is 15.0. The van der Waals surface area contributed by atoms with Gasteiger partial charge in [-0.3, -0.25) is 9.59 Å². The highest BCUT2D eigenvalue weighted by Crippen LogP contribution is 2.57. The maximum absolute atomic E-state index is 15.0. The van der Waals surface area contributed by atoms with Crippen LogP contribution in [0.2, 0.25) is 0 Å². The number of nitrogens with zero attached hydrogens (tertiary/aromatic N) is 1. The van der Waals surface area contributed by atoms with Gasteiger partial charge in [-0.15, -0.1) is 0 Å². The predicted molar refractivity (Wildman–Crippen MR) is 145 cm³/mol. The van der Waals surface area contributed by atoms with Crippen LogP contribution < -0.4 is 5.32 Å². The molecule has 2 fully saturated rings. The van der Waals surface area contributed by atoms with E-state index in [0.717, 1.165) is 30.3 Å². The number of nitrogens with one attached hydrogen (secondary N) is 1. The minimum atomic E-state index is -6.36. The van der Waals surface area contributed by atoms with E-state index in [1.54, 1.807) is 0 Å². The Bertz CT molecular complexity index is 1570. The number of fused-ring (bicyclic) bond motifs is 3. The molecule has 2 aliphatic carbocycles. The molecule has 1 saturated heterocycles. The number of amides is 2. The number of hydrogen-bond donors (Lipinski definition) is 1. The van der Waals surface area contributed by atoms with Crippen LogP contribution in [-0.2, 0) is 36.3 Å². The molecular formula is C30H30F8N2O4S. The molecule has 0 spiro atoms. The van der Waals surface area contributed by atoms with Gasteiger partial charge in [-0.25, -0.2) is 17.2 Å². The van der Waals surface area contributed by atoms with E-state index < -0.39 is 55.9 Å². The summed E-state index contributed by atoms with van der Waals surface area (Å²) in [7, 11) is -4.56. The molecule has 45 heavy (non-hydrogen) atoms. The average Bonchev–Trinajstić information content (AvgIpc) is 3.37. The third-order valence-electron chi connectivity index (χ3n) is 9.44. The smallest absolute Gasteiger partial charge is 0.354 e. The molecule has 1 saturated carbocycles. The molecule has 2 aromatic rings. The minimum Gasteiger partial charge on any atom is -0.354 e. The lowest BCUT2D eigenvalue weighted by Gasteiger charge is -2.44. The fourth-order valence-electron chi connectivity index (χ4n) is 7.32. The molecule has 246 valence electrons. The van der Waals surface area contributed by atoms with Gasteiger partial charge >= 0.3 is 18.0 Å². The molecule has 0 unspecified atom stereocenters. The summed E-state index contributed by atoms with van der Waals surface area (Å²) in [6, 6.07) is 4.17. The van der Waals surface area contributed by atoms with Gasteiger partial charge in [0.05, 0.1) is 10.9 Å². The van der Waals surface area contributed by atoms with Crippen LogP contribution in [0.4, 0.5) is 35.1 Å². The Balaban J connectivity index is 1.59. The Morgan fingerprint density at radius 1 is 0.889 bits per heavy atom. The molecular weight excluding hydrogens is 636 g/mol. The number of hydrogen-bond acceptors (Lipinski definition) is 4. The molecule has 2 aromatic carbocycles. The van der Waals surface area contributed by atoms with Gasteiger partial charge in [0, 0.05) is 31.0 Å². The average molecular weight is 667 g/mol. The summed E-state index contributed by atoms with van der Waals surface area (Å²) < 4.78 is 137. The van der Waals surface area contributed by atoms with Crippen LogP contribution in [0.1, 0.15) is 62.1 Å². The first-order valence-corrected chi connectivity index (χ1v) is 15.9. The van der Waals surface area contributed by atoms with Gasteiger partial charge in [0.1, 0.15) is 10.6 Å². The van der Waals surface area contributed by atoms with Crippen LogP contribution in [0.15, 0.2) is 47.4 Å². The largest absolute Gasteiger partial charge is 0.435 e.